The summed E-state index contributed by atoms with van der Waals surface area (Å²) in [5, 5.41) is 16.0. The molecule has 1 aliphatic carbocycles. The number of hydrogen-bond donors (Lipinski definition) is 1. The molecule has 0 amide bonds. The van der Waals surface area contributed by atoms with Gasteiger partial charge in [-0.2, -0.15) is 9.41 Å². The highest BCUT2D eigenvalue weighted by molar-refractivity contribution is 7.89. The molecule has 1 aromatic rings. The number of nitrogens with one attached hydrogen (secondary N) is 1. The van der Waals surface area contributed by atoms with Crippen molar-refractivity contribution in [1.29, 1.82) is 0 Å². The van der Waals surface area contributed by atoms with Gasteiger partial charge < -0.3 is 4.74 Å². The molecule has 3 rings (SSSR count). The number of nitrogens with zero attached hydrogens (tertiary/aromatic N) is 3. The molecule has 2 aliphatic rings. The van der Waals surface area contributed by atoms with Crippen molar-refractivity contribution in [3.8, 4) is 0 Å². The van der Waals surface area contributed by atoms with E-state index in [1.54, 1.807) is 0 Å². The molecule has 154 valence electrons. The minimum atomic E-state index is -3.80. The van der Waals surface area contributed by atoms with Crippen molar-refractivity contribution >= 4 is 27.1 Å². The van der Waals surface area contributed by atoms with Gasteiger partial charge in [0.1, 0.15) is 5.69 Å². The summed E-state index contributed by atoms with van der Waals surface area (Å²) < 4.78 is 32.0. The number of benzene rings is 1. The number of rotatable bonds is 5. The van der Waals surface area contributed by atoms with E-state index in [0.29, 0.717) is 25.0 Å². The van der Waals surface area contributed by atoms with E-state index in [4.69, 9.17) is 4.74 Å². The van der Waals surface area contributed by atoms with Crippen molar-refractivity contribution in [2.45, 2.75) is 38.0 Å². The normalized spacial score (nSPS) is 24.0. The molecule has 1 heterocycles. The Balaban J connectivity index is 1.88. The number of anilines is 1. The van der Waals surface area contributed by atoms with E-state index < -0.39 is 14.9 Å². The van der Waals surface area contributed by atoms with Gasteiger partial charge in [-0.25, -0.2) is 8.42 Å². The summed E-state index contributed by atoms with van der Waals surface area (Å²) in [4.78, 5) is 10.9. The molecule has 0 bridgehead atoms. The molecule has 2 fully saturated rings. The van der Waals surface area contributed by atoms with Gasteiger partial charge in [-0.3, -0.25) is 15.5 Å². The van der Waals surface area contributed by atoms with E-state index in [9.17, 15) is 18.5 Å². The Morgan fingerprint density at radius 1 is 1.21 bits per heavy atom. The van der Waals surface area contributed by atoms with Crippen LogP contribution in [0.2, 0.25) is 0 Å². The van der Waals surface area contributed by atoms with Crippen molar-refractivity contribution in [1.82, 2.24) is 4.31 Å². The SMILES string of the molecule is C[C@H]1CCC[C@H](C)C1=NNc1ccc(S(=O)(=O)N2CCOCC2)cc1[N+](=O)[O-]. The predicted octanol–water partition coefficient (Wildman–Crippen LogP) is 2.84. The zero-order valence-corrected chi connectivity index (χ0v) is 16.9. The first-order valence-electron chi connectivity index (χ1n) is 9.50. The maximum absolute atomic E-state index is 12.8. The number of hydrazone groups is 1. The predicted molar refractivity (Wildman–Crippen MR) is 106 cm³/mol. The van der Waals surface area contributed by atoms with E-state index in [2.05, 4.69) is 24.4 Å². The van der Waals surface area contributed by atoms with Gasteiger partial charge in [-0.05, 0) is 36.8 Å². The van der Waals surface area contributed by atoms with Gasteiger partial charge in [0.2, 0.25) is 10.0 Å². The molecular formula is C18H26N4O5S. The van der Waals surface area contributed by atoms with Crippen molar-refractivity contribution in [2.75, 3.05) is 31.7 Å². The van der Waals surface area contributed by atoms with Gasteiger partial charge in [0.15, 0.2) is 0 Å². The summed E-state index contributed by atoms with van der Waals surface area (Å²) in [6, 6.07) is 3.89. The maximum atomic E-state index is 12.8. The zero-order valence-electron chi connectivity index (χ0n) is 16.1. The van der Waals surface area contributed by atoms with Crippen molar-refractivity contribution in [3.63, 3.8) is 0 Å². The van der Waals surface area contributed by atoms with Gasteiger partial charge in [0.25, 0.3) is 5.69 Å². The molecule has 28 heavy (non-hydrogen) atoms. The summed E-state index contributed by atoms with van der Waals surface area (Å²) >= 11 is 0. The smallest absolute Gasteiger partial charge is 0.295 e. The molecule has 1 saturated heterocycles. The van der Waals surface area contributed by atoms with E-state index in [1.165, 1.54) is 16.4 Å². The van der Waals surface area contributed by atoms with Gasteiger partial charge >= 0.3 is 0 Å². The number of sulfonamides is 1. The van der Waals surface area contributed by atoms with Crippen molar-refractivity contribution < 1.29 is 18.1 Å². The van der Waals surface area contributed by atoms with Crippen LogP contribution in [-0.4, -0.2) is 49.7 Å². The van der Waals surface area contributed by atoms with Crippen LogP contribution in [0.4, 0.5) is 11.4 Å². The van der Waals surface area contributed by atoms with Gasteiger partial charge in [-0.1, -0.05) is 20.3 Å². The lowest BCUT2D eigenvalue weighted by Gasteiger charge is -2.26. The second-order valence-electron chi connectivity index (χ2n) is 7.33. The summed E-state index contributed by atoms with van der Waals surface area (Å²) in [6.07, 6.45) is 3.24. The summed E-state index contributed by atoms with van der Waals surface area (Å²) in [6.45, 7) is 5.30. The van der Waals surface area contributed by atoms with Crippen LogP contribution in [0.25, 0.3) is 0 Å². The van der Waals surface area contributed by atoms with E-state index in [-0.39, 0.29) is 29.4 Å². The molecule has 2 atom stereocenters. The minimum absolute atomic E-state index is 0.0984. The van der Waals surface area contributed by atoms with Crippen LogP contribution in [0.3, 0.4) is 0 Å². The molecule has 10 heteroatoms. The third-order valence-electron chi connectivity index (χ3n) is 5.36. The molecule has 9 nitrogen and oxygen atoms in total. The molecule has 1 saturated carbocycles. The fourth-order valence-corrected chi connectivity index (χ4v) is 5.14. The molecule has 1 N–H and O–H groups in total. The van der Waals surface area contributed by atoms with E-state index in [0.717, 1.165) is 31.0 Å². The number of hydrogen-bond acceptors (Lipinski definition) is 7. The lowest BCUT2D eigenvalue weighted by Crippen LogP contribution is -2.40. The molecule has 0 aromatic heterocycles. The Morgan fingerprint density at radius 3 is 2.46 bits per heavy atom. The van der Waals surface area contributed by atoms with Crippen LogP contribution in [0.15, 0.2) is 28.2 Å². The van der Waals surface area contributed by atoms with Gasteiger partial charge in [0.05, 0.1) is 23.0 Å². The van der Waals surface area contributed by atoms with Crippen LogP contribution in [0.5, 0.6) is 0 Å². The highest BCUT2D eigenvalue weighted by Gasteiger charge is 2.29. The van der Waals surface area contributed by atoms with Gasteiger partial charge in [0, 0.05) is 24.9 Å². The van der Waals surface area contributed by atoms with Crippen LogP contribution in [-0.2, 0) is 14.8 Å². The Hall–Kier alpha value is -2.04. The molecule has 0 unspecified atom stereocenters. The zero-order chi connectivity index (χ0) is 20.3. The van der Waals surface area contributed by atoms with Crippen LogP contribution in [0, 0.1) is 22.0 Å². The first-order chi connectivity index (χ1) is 13.3. The number of ether oxygens (including phenoxy) is 1. The number of nitro benzene ring substituents is 1. The van der Waals surface area contributed by atoms with Crippen molar-refractivity contribution in [2.24, 2.45) is 16.9 Å². The molecule has 1 aromatic carbocycles. The first-order valence-corrected chi connectivity index (χ1v) is 10.9. The van der Waals surface area contributed by atoms with E-state index >= 15 is 0 Å². The maximum Gasteiger partial charge on any atom is 0.295 e. The first kappa shape index (κ1) is 20.7. The van der Waals surface area contributed by atoms with Crippen molar-refractivity contribution in [3.05, 3.63) is 28.3 Å². The number of nitro groups is 1. The Kier molecular flexibility index (Phi) is 6.31. The van der Waals surface area contributed by atoms with Crippen LogP contribution < -0.4 is 5.43 Å². The summed E-state index contributed by atoms with van der Waals surface area (Å²) in [5.74, 6) is 0.632. The molecular weight excluding hydrogens is 384 g/mol. The Labute approximate surface area is 165 Å². The average molecular weight is 410 g/mol. The van der Waals surface area contributed by atoms with Crippen LogP contribution in [0.1, 0.15) is 33.1 Å². The number of morpholine rings is 1. The topological polar surface area (TPSA) is 114 Å². The van der Waals surface area contributed by atoms with Crippen LogP contribution >= 0.6 is 0 Å². The average Bonchev–Trinajstić information content (AvgIpc) is 2.68. The third-order valence-corrected chi connectivity index (χ3v) is 7.26. The molecule has 0 spiro atoms. The largest absolute Gasteiger partial charge is 0.379 e. The fraction of sp³-hybridized carbons (Fsp3) is 0.611. The fourth-order valence-electron chi connectivity index (χ4n) is 3.71. The van der Waals surface area contributed by atoms with Gasteiger partial charge in [-0.15, -0.1) is 0 Å². The highest BCUT2D eigenvalue weighted by Crippen LogP contribution is 2.31. The quantitative estimate of drug-likeness (QED) is 0.590. The standard InChI is InChI=1S/C18H26N4O5S/c1-13-4-3-5-14(2)18(13)20-19-16-7-6-15(12-17(16)22(23)24)28(25,26)21-8-10-27-11-9-21/h6-7,12-14,19H,3-5,8-11H2,1-2H3/t13-,14-/m0/s1. The second kappa shape index (κ2) is 8.54. The lowest BCUT2D eigenvalue weighted by molar-refractivity contribution is -0.384. The van der Waals surface area contributed by atoms with E-state index in [1.807, 2.05) is 0 Å². The highest BCUT2D eigenvalue weighted by atomic mass is 32.2. The molecule has 0 radical (unpaired) electrons. The second-order valence-corrected chi connectivity index (χ2v) is 9.27. The summed E-state index contributed by atoms with van der Waals surface area (Å²) in [7, 11) is -3.80. The lowest BCUT2D eigenvalue weighted by atomic mass is 9.81. The molecule has 1 aliphatic heterocycles. The Bertz CT molecular complexity index is 853. The third kappa shape index (κ3) is 4.34. The summed E-state index contributed by atoms with van der Waals surface area (Å²) in [5.41, 5.74) is 3.67. The minimum Gasteiger partial charge on any atom is -0.379 e. The monoisotopic (exact) mass is 410 g/mol. The Morgan fingerprint density at radius 2 is 1.86 bits per heavy atom.